The van der Waals surface area contributed by atoms with Crippen LogP contribution in [0.5, 0.6) is 0 Å². The molecule has 0 unspecified atom stereocenters. The zero-order valence-corrected chi connectivity index (χ0v) is 9.18. The van der Waals surface area contributed by atoms with Gasteiger partial charge in [0.15, 0.2) is 0 Å². The number of ether oxygens (including phenoxy) is 2. The van der Waals surface area contributed by atoms with Crippen molar-refractivity contribution in [3.63, 3.8) is 0 Å². The Hall–Kier alpha value is -1.53. The fourth-order valence-corrected chi connectivity index (χ4v) is 0.970. The van der Waals surface area contributed by atoms with E-state index in [4.69, 9.17) is 9.47 Å². The van der Waals surface area contributed by atoms with Gasteiger partial charge in [-0.25, -0.2) is 9.97 Å². The van der Waals surface area contributed by atoms with Crippen LogP contribution in [0, 0.1) is 0 Å². The summed E-state index contributed by atoms with van der Waals surface area (Å²) in [5.41, 5.74) is 0.764. The van der Waals surface area contributed by atoms with E-state index in [9.17, 15) is 4.79 Å². The highest BCUT2D eigenvalue weighted by atomic mass is 16.5. The standard InChI is InChI=1S/C10H15N3O3/c1-15-4-5-16-7-10(14)12-6-9-2-3-11-8-13-9/h2-3,8H,4-7H2,1H3,(H,12,14). The predicted molar refractivity (Wildman–Crippen MR) is 56.6 cm³/mol. The number of aromatic nitrogens is 2. The number of amides is 1. The molecule has 0 bridgehead atoms. The van der Waals surface area contributed by atoms with Crippen LogP contribution in [-0.4, -0.2) is 42.8 Å². The Bertz CT molecular complexity index is 305. The van der Waals surface area contributed by atoms with Gasteiger partial charge in [-0.15, -0.1) is 0 Å². The summed E-state index contributed by atoms with van der Waals surface area (Å²) in [6.45, 7) is 1.32. The van der Waals surface area contributed by atoms with Gasteiger partial charge in [-0.1, -0.05) is 0 Å². The lowest BCUT2D eigenvalue weighted by Crippen LogP contribution is -2.28. The fraction of sp³-hybridized carbons (Fsp3) is 0.500. The normalized spacial score (nSPS) is 10.1. The first-order chi connectivity index (χ1) is 7.83. The number of carbonyl (C=O) groups is 1. The molecule has 0 aliphatic heterocycles. The zero-order chi connectivity index (χ0) is 11.6. The summed E-state index contributed by atoms with van der Waals surface area (Å²) >= 11 is 0. The topological polar surface area (TPSA) is 73.3 Å². The summed E-state index contributed by atoms with van der Waals surface area (Å²) in [5, 5.41) is 2.68. The summed E-state index contributed by atoms with van der Waals surface area (Å²) < 4.78 is 9.83. The molecule has 0 aliphatic rings. The van der Waals surface area contributed by atoms with Gasteiger partial charge in [-0.2, -0.15) is 0 Å². The number of carbonyl (C=O) groups excluding carboxylic acids is 1. The Morgan fingerprint density at radius 2 is 2.38 bits per heavy atom. The first kappa shape index (κ1) is 12.5. The van der Waals surface area contributed by atoms with Gasteiger partial charge in [0.05, 0.1) is 25.5 Å². The number of nitrogens with one attached hydrogen (secondary N) is 1. The van der Waals surface area contributed by atoms with Crippen molar-refractivity contribution in [2.24, 2.45) is 0 Å². The minimum absolute atomic E-state index is 0.0362. The predicted octanol–water partition coefficient (Wildman–Crippen LogP) is -0.244. The van der Waals surface area contributed by atoms with Crippen molar-refractivity contribution >= 4 is 5.91 Å². The van der Waals surface area contributed by atoms with Crippen molar-refractivity contribution in [2.45, 2.75) is 6.54 Å². The average Bonchev–Trinajstić information content (AvgIpc) is 2.33. The van der Waals surface area contributed by atoms with Gasteiger partial charge >= 0.3 is 0 Å². The minimum Gasteiger partial charge on any atom is -0.382 e. The molecule has 0 saturated heterocycles. The van der Waals surface area contributed by atoms with Crippen LogP contribution in [0.25, 0.3) is 0 Å². The summed E-state index contributed by atoms with van der Waals surface area (Å²) in [5.74, 6) is -0.172. The van der Waals surface area contributed by atoms with Crippen LogP contribution in [-0.2, 0) is 20.8 Å². The second-order valence-electron chi connectivity index (χ2n) is 3.02. The maximum atomic E-state index is 11.3. The van der Waals surface area contributed by atoms with E-state index in [1.54, 1.807) is 19.4 Å². The highest BCUT2D eigenvalue weighted by Crippen LogP contribution is 1.89. The molecule has 88 valence electrons. The molecule has 0 aromatic carbocycles. The number of hydrogen-bond donors (Lipinski definition) is 1. The summed E-state index contributed by atoms with van der Waals surface area (Å²) in [6, 6.07) is 1.74. The quantitative estimate of drug-likeness (QED) is 0.648. The van der Waals surface area contributed by atoms with Crippen LogP contribution in [0.2, 0.25) is 0 Å². The van der Waals surface area contributed by atoms with Crippen LogP contribution >= 0.6 is 0 Å². The molecular weight excluding hydrogens is 210 g/mol. The van der Waals surface area contributed by atoms with Gasteiger partial charge in [0.2, 0.25) is 5.91 Å². The van der Waals surface area contributed by atoms with E-state index < -0.39 is 0 Å². The monoisotopic (exact) mass is 225 g/mol. The molecule has 1 aromatic rings. The van der Waals surface area contributed by atoms with Gasteiger partial charge in [0.1, 0.15) is 12.9 Å². The molecular formula is C10H15N3O3. The number of rotatable bonds is 7. The highest BCUT2D eigenvalue weighted by Gasteiger charge is 2.01. The van der Waals surface area contributed by atoms with Gasteiger partial charge in [-0.3, -0.25) is 4.79 Å². The molecule has 0 radical (unpaired) electrons. The van der Waals surface area contributed by atoms with Crippen LogP contribution in [0.1, 0.15) is 5.69 Å². The van der Waals surface area contributed by atoms with E-state index in [0.29, 0.717) is 19.8 Å². The summed E-state index contributed by atoms with van der Waals surface area (Å²) in [4.78, 5) is 19.0. The number of hydrogen-bond acceptors (Lipinski definition) is 5. The Morgan fingerprint density at radius 1 is 1.50 bits per heavy atom. The third-order valence-corrected chi connectivity index (χ3v) is 1.77. The van der Waals surface area contributed by atoms with Crippen LogP contribution < -0.4 is 5.32 Å². The largest absolute Gasteiger partial charge is 0.382 e. The Morgan fingerprint density at radius 3 is 3.06 bits per heavy atom. The van der Waals surface area contributed by atoms with E-state index in [0.717, 1.165) is 5.69 Å². The molecule has 0 aliphatic carbocycles. The third kappa shape index (κ3) is 5.38. The second kappa shape index (κ2) is 7.72. The second-order valence-corrected chi connectivity index (χ2v) is 3.02. The first-order valence-corrected chi connectivity index (χ1v) is 4.91. The molecule has 1 aromatic heterocycles. The molecule has 0 saturated carbocycles. The molecule has 1 N–H and O–H groups in total. The molecule has 6 nitrogen and oxygen atoms in total. The number of nitrogens with zero attached hydrogens (tertiary/aromatic N) is 2. The zero-order valence-electron chi connectivity index (χ0n) is 9.18. The van der Waals surface area contributed by atoms with E-state index in [1.807, 2.05) is 0 Å². The van der Waals surface area contributed by atoms with Crippen LogP contribution in [0.3, 0.4) is 0 Å². The van der Waals surface area contributed by atoms with E-state index in [1.165, 1.54) is 6.33 Å². The third-order valence-electron chi connectivity index (χ3n) is 1.77. The SMILES string of the molecule is COCCOCC(=O)NCc1ccncn1. The molecule has 1 heterocycles. The van der Waals surface area contributed by atoms with Gasteiger partial charge in [0, 0.05) is 13.3 Å². The fourth-order valence-electron chi connectivity index (χ4n) is 0.970. The van der Waals surface area contributed by atoms with E-state index in [-0.39, 0.29) is 12.5 Å². The molecule has 0 atom stereocenters. The summed E-state index contributed by atoms with van der Waals surface area (Å²) in [7, 11) is 1.58. The molecule has 6 heteroatoms. The van der Waals surface area contributed by atoms with Gasteiger partial charge < -0.3 is 14.8 Å². The van der Waals surface area contributed by atoms with Gasteiger partial charge in [0.25, 0.3) is 0 Å². The average molecular weight is 225 g/mol. The number of methoxy groups -OCH3 is 1. The van der Waals surface area contributed by atoms with Crippen molar-refractivity contribution in [1.82, 2.24) is 15.3 Å². The van der Waals surface area contributed by atoms with Gasteiger partial charge in [-0.05, 0) is 6.07 Å². The highest BCUT2D eigenvalue weighted by molar-refractivity contribution is 5.77. The Balaban J connectivity index is 2.11. The maximum Gasteiger partial charge on any atom is 0.246 e. The van der Waals surface area contributed by atoms with Crippen molar-refractivity contribution in [1.29, 1.82) is 0 Å². The molecule has 0 fully saturated rings. The Labute approximate surface area is 94.0 Å². The van der Waals surface area contributed by atoms with Crippen molar-refractivity contribution in [3.05, 3.63) is 24.3 Å². The van der Waals surface area contributed by atoms with E-state index >= 15 is 0 Å². The lowest BCUT2D eigenvalue weighted by molar-refractivity contribution is -0.126. The van der Waals surface area contributed by atoms with Crippen molar-refractivity contribution < 1.29 is 14.3 Å². The first-order valence-electron chi connectivity index (χ1n) is 4.91. The summed E-state index contributed by atoms with van der Waals surface area (Å²) in [6.07, 6.45) is 3.07. The van der Waals surface area contributed by atoms with E-state index in [2.05, 4.69) is 15.3 Å². The van der Waals surface area contributed by atoms with Crippen LogP contribution in [0.15, 0.2) is 18.6 Å². The smallest absolute Gasteiger partial charge is 0.246 e. The van der Waals surface area contributed by atoms with Crippen LogP contribution in [0.4, 0.5) is 0 Å². The Kier molecular flexibility index (Phi) is 6.05. The van der Waals surface area contributed by atoms with Crippen molar-refractivity contribution in [3.8, 4) is 0 Å². The minimum atomic E-state index is -0.172. The van der Waals surface area contributed by atoms with Crippen molar-refractivity contribution in [2.75, 3.05) is 26.9 Å². The maximum absolute atomic E-state index is 11.3. The molecule has 0 spiro atoms. The molecule has 1 amide bonds. The molecule has 16 heavy (non-hydrogen) atoms. The molecule has 1 rings (SSSR count). The lowest BCUT2D eigenvalue weighted by Gasteiger charge is -2.05. The lowest BCUT2D eigenvalue weighted by atomic mass is 10.4.